The molecule has 0 aliphatic carbocycles. The summed E-state index contributed by atoms with van der Waals surface area (Å²) in [7, 11) is 2.15. The van der Waals surface area contributed by atoms with E-state index in [0.717, 1.165) is 29.1 Å². The van der Waals surface area contributed by atoms with Crippen LogP contribution < -0.4 is 5.32 Å². The van der Waals surface area contributed by atoms with Gasteiger partial charge in [-0.1, -0.05) is 17.7 Å². The molecule has 0 radical (unpaired) electrons. The second-order valence-corrected chi connectivity index (χ2v) is 5.24. The van der Waals surface area contributed by atoms with Gasteiger partial charge >= 0.3 is 0 Å². The second-order valence-electron chi connectivity index (χ2n) is 3.98. The molecular weight excluding hydrogens is 311 g/mol. The highest BCUT2D eigenvalue weighted by Gasteiger charge is 2.21. The minimum Gasteiger partial charge on any atom is -0.314 e. The minimum absolute atomic E-state index is 0. The van der Waals surface area contributed by atoms with Crippen molar-refractivity contribution in [1.29, 1.82) is 0 Å². The van der Waals surface area contributed by atoms with Crippen LogP contribution in [0.1, 0.15) is 5.56 Å². The Morgan fingerprint density at radius 1 is 1.50 bits per heavy atom. The fourth-order valence-electron chi connectivity index (χ4n) is 1.64. The first-order valence-corrected chi connectivity index (χ1v) is 6.19. The van der Waals surface area contributed by atoms with E-state index in [-0.39, 0.29) is 12.4 Å². The number of nitrogens with one attached hydrogen (secondary N) is 1. The van der Waals surface area contributed by atoms with Crippen LogP contribution in [0.3, 0.4) is 0 Å². The van der Waals surface area contributed by atoms with Crippen LogP contribution in [-0.2, 0) is 6.54 Å². The molecule has 5 heteroatoms. The third kappa shape index (κ3) is 3.34. The molecule has 2 nitrogen and oxygen atoms in total. The standard InChI is InChI=1S/C11H14BrClN2.ClH/c1-15(9-5-14-6-9)7-8-2-3-10(12)11(13)4-8;/h2-4,9,14H,5-7H2,1H3;1H. The number of hydrogen-bond acceptors (Lipinski definition) is 2. The van der Waals surface area contributed by atoms with Gasteiger partial charge < -0.3 is 5.32 Å². The number of benzene rings is 1. The minimum atomic E-state index is 0. The highest BCUT2D eigenvalue weighted by atomic mass is 79.9. The van der Waals surface area contributed by atoms with Gasteiger partial charge in [-0.3, -0.25) is 4.90 Å². The molecule has 0 spiro atoms. The molecule has 0 amide bonds. The van der Waals surface area contributed by atoms with Gasteiger partial charge in [-0.25, -0.2) is 0 Å². The molecule has 0 bridgehead atoms. The second kappa shape index (κ2) is 6.22. The van der Waals surface area contributed by atoms with Crippen LogP contribution in [-0.4, -0.2) is 31.1 Å². The summed E-state index contributed by atoms with van der Waals surface area (Å²) < 4.78 is 0.959. The molecule has 0 unspecified atom stereocenters. The van der Waals surface area contributed by atoms with Gasteiger partial charge in [0.15, 0.2) is 0 Å². The molecule has 1 aliphatic heterocycles. The largest absolute Gasteiger partial charge is 0.314 e. The maximum absolute atomic E-state index is 6.05. The summed E-state index contributed by atoms with van der Waals surface area (Å²) in [6.45, 7) is 3.15. The molecule has 0 atom stereocenters. The Morgan fingerprint density at radius 3 is 2.69 bits per heavy atom. The Hall–Kier alpha value is 0.200. The average Bonchev–Trinajstić information content (AvgIpc) is 2.08. The molecule has 0 aromatic heterocycles. The van der Waals surface area contributed by atoms with E-state index in [2.05, 4.69) is 39.3 Å². The van der Waals surface area contributed by atoms with Gasteiger partial charge in [-0.2, -0.15) is 0 Å². The zero-order valence-electron chi connectivity index (χ0n) is 9.04. The van der Waals surface area contributed by atoms with Crippen LogP contribution in [0.15, 0.2) is 22.7 Å². The zero-order chi connectivity index (χ0) is 10.8. The van der Waals surface area contributed by atoms with Crippen LogP contribution in [0.5, 0.6) is 0 Å². The van der Waals surface area contributed by atoms with Gasteiger partial charge in [0.25, 0.3) is 0 Å². The van der Waals surface area contributed by atoms with Crippen LogP contribution in [0.2, 0.25) is 5.02 Å². The summed E-state index contributed by atoms with van der Waals surface area (Å²) in [5, 5.41) is 4.06. The van der Waals surface area contributed by atoms with E-state index in [0.29, 0.717) is 6.04 Å². The van der Waals surface area contributed by atoms with Crippen molar-refractivity contribution in [3.63, 3.8) is 0 Å². The molecule has 90 valence electrons. The lowest BCUT2D eigenvalue weighted by Crippen LogP contribution is -2.55. The van der Waals surface area contributed by atoms with Gasteiger partial charge in [0.1, 0.15) is 0 Å². The fourth-order valence-corrected chi connectivity index (χ4v) is 2.09. The lowest BCUT2D eigenvalue weighted by atomic mass is 10.1. The smallest absolute Gasteiger partial charge is 0.0551 e. The van der Waals surface area contributed by atoms with Gasteiger partial charge in [0.2, 0.25) is 0 Å². The third-order valence-corrected chi connectivity index (χ3v) is 4.03. The molecule has 1 aromatic carbocycles. The van der Waals surface area contributed by atoms with Crippen LogP contribution in [0.25, 0.3) is 0 Å². The quantitative estimate of drug-likeness (QED) is 0.919. The molecular formula is C11H15BrCl2N2. The van der Waals surface area contributed by atoms with E-state index in [1.54, 1.807) is 0 Å². The highest BCUT2D eigenvalue weighted by molar-refractivity contribution is 9.10. The first-order chi connectivity index (χ1) is 7.16. The van der Waals surface area contributed by atoms with Crippen molar-refractivity contribution < 1.29 is 0 Å². The number of likely N-dealkylation sites (N-methyl/N-ethyl adjacent to an activating group) is 1. The number of nitrogens with zero attached hydrogens (tertiary/aromatic N) is 1. The van der Waals surface area contributed by atoms with Crippen molar-refractivity contribution in [2.45, 2.75) is 12.6 Å². The predicted molar refractivity (Wildman–Crippen MR) is 74.5 cm³/mol. The Bertz CT molecular complexity index is 356. The topological polar surface area (TPSA) is 15.3 Å². The summed E-state index contributed by atoms with van der Waals surface area (Å²) in [6.07, 6.45) is 0. The Labute approximate surface area is 116 Å². The maximum atomic E-state index is 6.05. The summed E-state index contributed by atoms with van der Waals surface area (Å²) in [6, 6.07) is 6.81. The van der Waals surface area contributed by atoms with Crippen LogP contribution >= 0.6 is 39.9 Å². The number of hydrogen-bond donors (Lipinski definition) is 1. The molecule has 1 heterocycles. The summed E-state index contributed by atoms with van der Waals surface area (Å²) in [5.74, 6) is 0. The third-order valence-electron chi connectivity index (χ3n) is 2.80. The Kier molecular flexibility index (Phi) is 5.54. The average molecular weight is 326 g/mol. The molecule has 2 rings (SSSR count). The van der Waals surface area contributed by atoms with Crippen molar-refractivity contribution >= 4 is 39.9 Å². The molecule has 1 fully saturated rings. The lowest BCUT2D eigenvalue weighted by molar-refractivity contribution is 0.173. The van der Waals surface area contributed by atoms with Crippen molar-refractivity contribution in [2.24, 2.45) is 0 Å². The molecule has 1 aromatic rings. The van der Waals surface area contributed by atoms with E-state index < -0.39 is 0 Å². The van der Waals surface area contributed by atoms with Crippen molar-refractivity contribution in [3.05, 3.63) is 33.3 Å². The first kappa shape index (κ1) is 14.3. The fraction of sp³-hybridized carbons (Fsp3) is 0.455. The molecule has 0 saturated carbocycles. The molecule has 1 N–H and O–H groups in total. The summed E-state index contributed by atoms with van der Waals surface area (Å²) >= 11 is 9.44. The number of rotatable bonds is 3. The van der Waals surface area contributed by atoms with Gasteiger partial charge in [-0.15, -0.1) is 12.4 Å². The Morgan fingerprint density at radius 2 is 2.19 bits per heavy atom. The molecule has 16 heavy (non-hydrogen) atoms. The zero-order valence-corrected chi connectivity index (χ0v) is 12.2. The van der Waals surface area contributed by atoms with Gasteiger partial charge in [-0.05, 0) is 40.7 Å². The number of halogens is 3. The summed E-state index contributed by atoms with van der Waals surface area (Å²) in [4.78, 5) is 2.36. The monoisotopic (exact) mass is 324 g/mol. The van der Waals surface area contributed by atoms with E-state index >= 15 is 0 Å². The van der Waals surface area contributed by atoms with E-state index in [9.17, 15) is 0 Å². The summed E-state index contributed by atoms with van der Waals surface area (Å²) in [5.41, 5.74) is 1.26. The maximum Gasteiger partial charge on any atom is 0.0551 e. The van der Waals surface area contributed by atoms with Crippen LogP contribution in [0, 0.1) is 0 Å². The van der Waals surface area contributed by atoms with Crippen LogP contribution in [0.4, 0.5) is 0 Å². The van der Waals surface area contributed by atoms with E-state index in [1.165, 1.54) is 5.56 Å². The predicted octanol–water partition coefficient (Wildman–Crippen LogP) is 2.93. The first-order valence-electron chi connectivity index (χ1n) is 5.01. The van der Waals surface area contributed by atoms with Crippen molar-refractivity contribution in [2.75, 3.05) is 20.1 Å². The molecule has 1 saturated heterocycles. The van der Waals surface area contributed by atoms with E-state index in [1.807, 2.05) is 12.1 Å². The van der Waals surface area contributed by atoms with Gasteiger partial charge in [0, 0.05) is 30.1 Å². The Balaban J connectivity index is 0.00000128. The normalized spacial score (nSPS) is 15.8. The molecule has 1 aliphatic rings. The van der Waals surface area contributed by atoms with Crippen molar-refractivity contribution in [3.8, 4) is 0 Å². The lowest BCUT2D eigenvalue weighted by Gasteiger charge is -2.35. The van der Waals surface area contributed by atoms with Gasteiger partial charge in [0.05, 0.1) is 5.02 Å². The van der Waals surface area contributed by atoms with E-state index in [4.69, 9.17) is 11.6 Å². The highest BCUT2D eigenvalue weighted by Crippen LogP contribution is 2.24. The van der Waals surface area contributed by atoms with Crippen molar-refractivity contribution in [1.82, 2.24) is 10.2 Å². The SMILES string of the molecule is CN(Cc1ccc(Br)c(Cl)c1)C1CNC1.Cl.